The van der Waals surface area contributed by atoms with Crippen LogP contribution in [0.4, 0.5) is 5.13 Å². The van der Waals surface area contributed by atoms with Crippen LogP contribution in [-0.4, -0.2) is 23.1 Å². The van der Waals surface area contributed by atoms with Crippen molar-refractivity contribution in [2.24, 2.45) is 5.92 Å². The summed E-state index contributed by atoms with van der Waals surface area (Å²) >= 11 is 1.61. The Balaban J connectivity index is 0.000000256. The van der Waals surface area contributed by atoms with Crippen molar-refractivity contribution in [2.75, 3.05) is 18.0 Å². The first-order chi connectivity index (χ1) is 11.6. The molecular weight excluding hydrogens is 318 g/mol. The minimum Gasteiger partial charge on any atom is -0.348 e. The Morgan fingerprint density at radius 2 is 1.88 bits per heavy atom. The van der Waals surface area contributed by atoms with Gasteiger partial charge in [-0.3, -0.25) is 4.79 Å². The van der Waals surface area contributed by atoms with E-state index < -0.39 is 0 Å². The summed E-state index contributed by atoms with van der Waals surface area (Å²) in [6.07, 6.45) is 11.2. The van der Waals surface area contributed by atoms with E-state index in [-0.39, 0.29) is 5.56 Å². The van der Waals surface area contributed by atoms with E-state index in [1.54, 1.807) is 23.6 Å². The number of H-pyrrole nitrogens is 1. The van der Waals surface area contributed by atoms with Gasteiger partial charge in [0.2, 0.25) is 5.56 Å². The average molecular weight is 350 g/mol. The van der Waals surface area contributed by atoms with Crippen LogP contribution in [0.2, 0.25) is 0 Å². The highest BCUT2D eigenvalue weighted by atomic mass is 32.1. The monoisotopic (exact) mass is 349 g/mol. The fraction of sp³-hybridized carbons (Fsp3) is 0.684. The number of fused-ring (bicyclic) bond motifs is 1. The quantitative estimate of drug-likeness (QED) is 0.755. The van der Waals surface area contributed by atoms with Crippen LogP contribution in [0.1, 0.15) is 65.7 Å². The van der Waals surface area contributed by atoms with Crippen LogP contribution in [-0.2, 0) is 0 Å². The van der Waals surface area contributed by atoms with Crippen molar-refractivity contribution >= 4 is 26.7 Å². The number of piperidine rings is 1. The molecule has 2 aromatic heterocycles. The maximum atomic E-state index is 11.2. The van der Waals surface area contributed by atoms with Gasteiger partial charge in [0.05, 0.1) is 10.2 Å². The molecule has 1 saturated heterocycles. The van der Waals surface area contributed by atoms with Gasteiger partial charge in [0.1, 0.15) is 0 Å². The second kappa shape index (κ2) is 9.82. The zero-order valence-corrected chi connectivity index (χ0v) is 16.1. The van der Waals surface area contributed by atoms with Crippen molar-refractivity contribution in [3.05, 3.63) is 22.6 Å². The van der Waals surface area contributed by atoms with Gasteiger partial charge >= 0.3 is 0 Å². The van der Waals surface area contributed by atoms with Gasteiger partial charge in [-0.1, -0.05) is 64.2 Å². The lowest BCUT2D eigenvalue weighted by molar-refractivity contribution is 0.438. The van der Waals surface area contributed by atoms with Gasteiger partial charge in [0.25, 0.3) is 0 Å². The van der Waals surface area contributed by atoms with E-state index >= 15 is 0 Å². The minimum absolute atomic E-state index is 0.0556. The van der Waals surface area contributed by atoms with E-state index in [2.05, 4.69) is 35.6 Å². The third kappa shape index (κ3) is 5.62. The molecule has 0 aromatic carbocycles. The standard InChI is InChI=1S/C12H15N3OS.C7H16/c1-8-2-4-15(5-3-8)12-14-9-7-13-11(16)6-10(9)17-12;1-3-5-7-6-4-2/h6-8H,2-5H2,1H3,(H,13,16);3-7H2,1-2H3. The van der Waals surface area contributed by atoms with Gasteiger partial charge in [-0.25, -0.2) is 4.98 Å². The van der Waals surface area contributed by atoms with Crippen molar-refractivity contribution in [3.8, 4) is 0 Å². The maximum absolute atomic E-state index is 11.2. The van der Waals surface area contributed by atoms with Crippen LogP contribution in [0.25, 0.3) is 10.2 Å². The van der Waals surface area contributed by atoms with E-state index in [9.17, 15) is 4.79 Å². The molecular formula is C19H31N3OS. The van der Waals surface area contributed by atoms with Crippen molar-refractivity contribution in [1.82, 2.24) is 9.97 Å². The van der Waals surface area contributed by atoms with Gasteiger partial charge in [-0.15, -0.1) is 0 Å². The number of anilines is 1. The third-order valence-electron chi connectivity index (χ3n) is 4.54. The average Bonchev–Trinajstić information content (AvgIpc) is 2.99. The Morgan fingerprint density at radius 1 is 1.21 bits per heavy atom. The molecule has 1 fully saturated rings. The fourth-order valence-electron chi connectivity index (χ4n) is 2.85. The van der Waals surface area contributed by atoms with Crippen molar-refractivity contribution < 1.29 is 0 Å². The normalized spacial score (nSPS) is 15.4. The molecule has 0 atom stereocenters. The molecule has 1 aliphatic rings. The summed E-state index contributed by atoms with van der Waals surface area (Å²) in [6.45, 7) is 8.95. The first kappa shape index (κ1) is 19.0. The van der Waals surface area contributed by atoms with Gasteiger partial charge in [-0.05, 0) is 18.8 Å². The molecule has 0 saturated carbocycles. The highest BCUT2D eigenvalue weighted by Gasteiger charge is 2.18. The molecule has 0 unspecified atom stereocenters. The lowest BCUT2D eigenvalue weighted by Gasteiger charge is -2.29. The highest BCUT2D eigenvalue weighted by Crippen LogP contribution is 2.30. The van der Waals surface area contributed by atoms with Gasteiger partial charge in [0.15, 0.2) is 5.13 Å². The molecule has 3 heterocycles. The van der Waals surface area contributed by atoms with E-state index in [0.717, 1.165) is 34.4 Å². The van der Waals surface area contributed by atoms with Crippen LogP contribution < -0.4 is 10.5 Å². The van der Waals surface area contributed by atoms with Crippen LogP contribution >= 0.6 is 11.3 Å². The Labute approximate surface area is 149 Å². The molecule has 3 rings (SSSR count). The van der Waals surface area contributed by atoms with E-state index in [4.69, 9.17) is 0 Å². The molecule has 0 bridgehead atoms. The summed E-state index contributed by atoms with van der Waals surface area (Å²) in [5, 5.41) is 1.05. The van der Waals surface area contributed by atoms with Crippen molar-refractivity contribution in [2.45, 2.75) is 65.7 Å². The molecule has 134 valence electrons. The number of hydrogen-bond acceptors (Lipinski definition) is 4. The van der Waals surface area contributed by atoms with Crippen molar-refractivity contribution in [3.63, 3.8) is 0 Å². The molecule has 0 radical (unpaired) electrons. The highest BCUT2D eigenvalue weighted by molar-refractivity contribution is 7.22. The van der Waals surface area contributed by atoms with Crippen molar-refractivity contribution in [1.29, 1.82) is 0 Å². The van der Waals surface area contributed by atoms with Gasteiger partial charge < -0.3 is 9.88 Å². The zero-order valence-electron chi connectivity index (χ0n) is 15.3. The third-order valence-corrected chi connectivity index (χ3v) is 5.62. The first-order valence-electron chi connectivity index (χ1n) is 9.38. The summed E-state index contributed by atoms with van der Waals surface area (Å²) in [6, 6.07) is 1.63. The number of thiazole rings is 1. The number of nitrogens with one attached hydrogen (secondary N) is 1. The molecule has 2 aromatic rings. The molecule has 4 nitrogen and oxygen atoms in total. The molecule has 0 amide bonds. The summed E-state index contributed by atoms with van der Waals surface area (Å²) < 4.78 is 0.974. The van der Waals surface area contributed by atoms with Crippen LogP contribution in [0, 0.1) is 5.92 Å². The Bertz CT molecular complexity index is 652. The number of unbranched alkanes of at least 4 members (excludes halogenated alkanes) is 4. The second-order valence-electron chi connectivity index (χ2n) is 6.77. The van der Waals surface area contributed by atoms with Gasteiger partial charge in [-0.2, -0.15) is 0 Å². The topological polar surface area (TPSA) is 49.0 Å². The molecule has 5 heteroatoms. The first-order valence-corrected chi connectivity index (χ1v) is 10.2. The molecule has 1 N–H and O–H groups in total. The predicted octanol–water partition coefficient (Wildman–Crippen LogP) is 5.20. The van der Waals surface area contributed by atoms with Crippen LogP contribution in [0.15, 0.2) is 17.1 Å². The summed E-state index contributed by atoms with van der Waals surface area (Å²) in [5.41, 5.74) is 0.836. The lowest BCUT2D eigenvalue weighted by Crippen LogP contribution is -2.32. The number of nitrogens with zero attached hydrogens (tertiary/aromatic N) is 2. The second-order valence-corrected chi connectivity index (χ2v) is 7.78. The summed E-state index contributed by atoms with van der Waals surface area (Å²) in [4.78, 5) is 20.8. The number of rotatable bonds is 5. The largest absolute Gasteiger partial charge is 0.348 e. The molecule has 0 spiro atoms. The summed E-state index contributed by atoms with van der Waals surface area (Å²) in [5.74, 6) is 0.821. The van der Waals surface area contributed by atoms with E-state index in [1.807, 2.05) is 0 Å². The zero-order chi connectivity index (χ0) is 17.4. The number of pyridine rings is 1. The summed E-state index contributed by atoms with van der Waals surface area (Å²) in [7, 11) is 0. The Kier molecular flexibility index (Phi) is 7.76. The van der Waals surface area contributed by atoms with Crippen LogP contribution in [0.5, 0.6) is 0 Å². The molecule has 1 aliphatic heterocycles. The van der Waals surface area contributed by atoms with Crippen LogP contribution in [0.3, 0.4) is 0 Å². The molecule has 0 aliphatic carbocycles. The van der Waals surface area contributed by atoms with Gasteiger partial charge in [0, 0.05) is 25.4 Å². The van der Waals surface area contributed by atoms with E-state index in [1.165, 1.54) is 44.9 Å². The van der Waals surface area contributed by atoms with E-state index in [0.29, 0.717) is 0 Å². The molecule has 24 heavy (non-hydrogen) atoms. The SMILES string of the molecule is CC1CCN(c2nc3c[nH]c(=O)cc3s2)CC1.CCCCCCC. The lowest BCUT2D eigenvalue weighted by atomic mass is 10.00. The maximum Gasteiger partial charge on any atom is 0.249 e. The Morgan fingerprint density at radius 3 is 2.50 bits per heavy atom. The number of hydrogen-bond donors (Lipinski definition) is 1. The smallest absolute Gasteiger partial charge is 0.249 e. The number of aromatic nitrogens is 2. The predicted molar refractivity (Wildman–Crippen MR) is 105 cm³/mol. The Hall–Kier alpha value is -1.36. The number of aromatic amines is 1. The minimum atomic E-state index is -0.0556. The fourth-order valence-corrected chi connectivity index (χ4v) is 3.88.